The largest absolute Gasteiger partial charge is 0.508 e. The zero-order chi connectivity index (χ0) is 13.0. The van der Waals surface area contributed by atoms with Crippen molar-refractivity contribution >= 4 is 0 Å². The SMILES string of the molecule is CC(C)(Cc1ccc(O)cc1)Oc1ccccc1. The standard InChI is InChI=1S/C16H18O2/c1-16(2,18-15-6-4-3-5-7-15)12-13-8-10-14(17)11-9-13/h3-11,17H,12H2,1-2H3. The number of rotatable bonds is 4. The van der Waals surface area contributed by atoms with Crippen molar-refractivity contribution in [2.75, 3.05) is 0 Å². The molecular formula is C16H18O2. The van der Waals surface area contributed by atoms with E-state index in [2.05, 4.69) is 13.8 Å². The summed E-state index contributed by atoms with van der Waals surface area (Å²) in [7, 11) is 0. The zero-order valence-corrected chi connectivity index (χ0v) is 10.8. The molecule has 0 amide bonds. The summed E-state index contributed by atoms with van der Waals surface area (Å²) in [6.45, 7) is 4.12. The van der Waals surface area contributed by atoms with Crippen molar-refractivity contribution in [3.8, 4) is 11.5 Å². The van der Waals surface area contributed by atoms with E-state index in [0.29, 0.717) is 5.75 Å². The smallest absolute Gasteiger partial charge is 0.120 e. The lowest BCUT2D eigenvalue weighted by molar-refractivity contribution is 0.110. The van der Waals surface area contributed by atoms with Gasteiger partial charge < -0.3 is 9.84 Å². The van der Waals surface area contributed by atoms with Crippen LogP contribution < -0.4 is 4.74 Å². The molecule has 18 heavy (non-hydrogen) atoms. The molecule has 0 aromatic heterocycles. The molecule has 1 N–H and O–H groups in total. The average Bonchev–Trinajstić information content (AvgIpc) is 2.32. The van der Waals surface area contributed by atoms with Gasteiger partial charge in [-0.1, -0.05) is 30.3 Å². The molecule has 2 aromatic rings. The third-order valence-electron chi connectivity index (χ3n) is 2.70. The second kappa shape index (κ2) is 5.13. The summed E-state index contributed by atoms with van der Waals surface area (Å²) in [4.78, 5) is 0. The molecule has 0 aliphatic rings. The minimum atomic E-state index is -0.279. The minimum absolute atomic E-state index is 0.279. The van der Waals surface area contributed by atoms with E-state index in [4.69, 9.17) is 4.74 Å². The van der Waals surface area contributed by atoms with Gasteiger partial charge in [-0.25, -0.2) is 0 Å². The lowest BCUT2D eigenvalue weighted by Crippen LogP contribution is -2.30. The number of phenols is 1. The number of benzene rings is 2. The van der Waals surface area contributed by atoms with E-state index in [1.165, 1.54) is 0 Å². The fraction of sp³-hybridized carbons (Fsp3) is 0.250. The molecule has 0 unspecified atom stereocenters. The van der Waals surface area contributed by atoms with Gasteiger partial charge in [0, 0.05) is 6.42 Å². The summed E-state index contributed by atoms with van der Waals surface area (Å²) in [6.07, 6.45) is 0.794. The van der Waals surface area contributed by atoms with E-state index in [-0.39, 0.29) is 5.60 Å². The second-order valence-corrected chi connectivity index (χ2v) is 5.02. The average molecular weight is 242 g/mol. The molecule has 0 saturated heterocycles. The highest BCUT2D eigenvalue weighted by molar-refractivity contribution is 5.27. The maximum Gasteiger partial charge on any atom is 0.120 e. The van der Waals surface area contributed by atoms with E-state index in [1.54, 1.807) is 12.1 Å². The number of aromatic hydroxyl groups is 1. The number of hydrogen-bond acceptors (Lipinski definition) is 2. The summed E-state index contributed by atoms with van der Waals surface area (Å²) < 4.78 is 5.97. The van der Waals surface area contributed by atoms with Crippen LogP contribution in [0.1, 0.15) is 19.4 Å². The summed E-state index contributed by atoms with van der Waals surface area (Å²) in [5.74, 6) is 1.17. The highest BCUT2D eigenvalue weighted by atomic mass is 16.5. The van der Waals surface area contributed by atoms with Crippen molar-refractivity contribution in [1.82, 2.24) is 0 Å². The molecule has 2 rings (SSSR count). The maximum atomic E-state index is 9.26. The Bertz CT molecular complexity index is 486. The van der Waals surface area contributed by atoms with E-state index in [9.17, 15) is 5.11 Å². The van der Waals surface area contributed by atoms with Crippen molar-refractivity contribution in [3.05, 3.63) is 60.2 Å². The van der Waals surface area contributed by atoms with Gasteiger partial charge in [0.1, 0.15) is 17.1 Å². The second-order valence-electron chi connectivity index (χ2n) is 5.02. The Morgan fingerprint density at radius 1 is 0.944 bits per heavy atom. The number of ether oxygens (including phenoxy) is 1. The molecular weight excluding hydrogens is 224 g/mol. The first-order valence-electron chi connectivity index (χ1n) is 6.07. The van der Waals surface area contributed by atoms with Gasteiger partial charge in [-0.05, 0) is 43.7 Å². The van der Waals surface area contributed by atoms with Gasteiger partial charge in [-0.3, -0.25) is 0 Å². The van der Waals surface area contributed by atoms with Crippen LogP contribution in [0.25, 0.3) is 0 Å². The monoisotopic (exact) mass is 242 g/mol. The van der Waals surface area contributed by atoms with Gasteiger partial charge in [-0.2, -0.15) is 0 Å². The first-order valence-corrected chi connectivity index (χ1v) is 6.07. The molecule has 0 radical (unpaired) electrons. The molecule has 0 bridgehead atoms. The van der Waals surface area contributed by atoms with E-state index in [0.717, 1.165) is 17.7 Å². The summed E-state index contributed by atoms with van der Waals surface area (Å²) in [6, 6.07) is 17.1. The van der Waals surface area contributed by atoms with Crippen LogP contribution in [-0.2, 0) is 6.42 Å². The van der Waals surface area contributed by atoms with Gasteiger partial charge in [0.05, 0.1) is 0 Å². The van der Waals surface area contributed by atoms with Gasteiger partial charge in [0.2, 0.25) is 0 Å². The van der Waals surface area contributed by atoms with E-state index < -0.39 is 0 Å². The first-order chi connectivity index (χ1) is 8.55. The van der Waals surface area contributed by atoms with Crippen LogP contribution in [0.2, 0.25) is 0 Å². The van der Waals surface area contributed by atoms with Crippen LogP contribution in [0.5, 0.6) is 11.5 Å². The molecule has 94 valence electrons. The van der Waals surface area contributed by atoms with Crippen LogP contribution in [0.4, 0.5) is 0 Å². The van der Waals surface area contributed by atoms with Gasteiger partial charge in [0.15, 0.2) is 0 Å². The third kappa shape index (κ3) is 3.52. The van der Waals surface area contributed by atoms with E-state index in [1.807, 2.05) is 42.5 Å². The van der Waals surface area contributed by atoms with Gasteiger partial charge in [0.25, 0.3) is 0 Å². The molecule has 0 aliphatic heterocycles. The molecule has 2 heteroatoms. The Morgan fingerprint density at radius 3 is 2.17 bits per heavy atom. The molecule has 0 fully saturated rings. The van der Waals surface area contributed by atoms with Crippen molar-refractivity contribution in [2.24, 2.45) is 0 Å². The van der Waals surface area contributed by atoms with Crippen LogP contribution in [0, 0.1) is 0 Å². The Hall–Kier alpha value is -1.96. The van der Waals surface area contributed by atoms with Crippen molar-refractivity contribution in [1.29, 1.82) is 0 Å². The van der Waals surface area contributed by atoms with Crippen LogP contribution >= 0.6 is 0 Å². The van der Waals surface area contributed by atoms with E-state index >= 15 is 0 Å². The normalized spacial score (nSPS) is 11.2. The highest BCUT2D eigenvalue weighted by Crippen LogP contribution is 2.22. The molecule has 0 heterocycles. The molecule has 2 aromatic carbocycles. The maximum absolute atomic E-state index is 9.26. The van der Waals surface area contributed by atoms with Crippen LogP contribution in [0.3, 0.4) is 0 Å². The molecule has 0 aliphatic carbocycles. The topological polar surface area (TPSA) is 29.5 Å². The Kier molecular flexibility index (Phi) is 3.56. The summed E-state index contributed by atoms with van der Waals surface area (Å²) in [5, 5.41) is 9.26. The number of para-hydroxylation sites is 1. The summed E-state index contributed by atoms with van der Waals surface area (Å²) in [5.41, 5.74) is 0.868. The molecule has 0 atom stereocenters. The predicted octanol–water partition coefficient (Wildman–Crippen LogP) is 3.79. The van der Waals surface area contributed by atoms with Crippen LogP contribution in [-0.4, -0.2) is 10.7 Å². The first kappa shape index (κ1) is 12.5. The lowest BCUT2D eigenvalue weighted by atomic mass is 9.98. The Balaban J connectivity index is 2.05. The predicted molar refractivity (Wildman–Crippen MR) is 73.0 cm³/mol. The fourth-order valence-corrected chi connectivity index (χ4v) is 1.95. The van der Waals surface area contributed by atoms with Crippen LogP contribution in [0.15, 0.2) is 54.6 Å². The lowest BCUT2D eigenvalue weighted by Gasteiger charge is -2.26. The Labute approximate surface area is 108 Å². The van der Waals surface area contributed by atoms with Crippen molar-refractivity contribution in [2.45, 2.75) is 25.9 Å². The fourth-order valence-electron chi connectivity index (χ4n) is 1.95. The van der Waals surface area contributed by atoms with Gasteiger partial charge in [-0.15, -0.1) is 0 Å². The third-order valence-corrected chi connectivity index (χ3v) is 2.70. The highest BCUT2D eigenvalue weighted by Gasteiger charge is 2.20. The van der Waals surface area contributed by atoms with Gasteiger partial charge >= 0.3 is 0 Å². The minimum Gasteiger partial charge on any atom is -0.508 e. The number of hydrogen-bond donors (Lipinski definition) is 1. The van der Waals surface area contributed by atoms with Crippen molar-refractivity contribution < 1.29 is 9.84 Å². The number of phenolic OH excluding ortho intramolecular Hbond substituents is 1. The quantitative estimate of drug-likeness (QED) is 0.883. The van der Waals surface area contributed by atoms with Crippen molar-refractivity contribution in [3.63, 3.8) is 0 Å². The zero-order valence-electron chi connectivity index (χ0n) is 10.8. The molecule has 2 nitrogen and oxygen atoms in total. The molecule has 0 spiro atoms. The Morgan fingerprint density at radius 2 is 1.56 bits per heavy atom. The summed E-state index contributed by atoms with van der Waals surface area (Å²) >= 11 is 0. The molecule has 0 saturated carbocycles.